The molecule has 2 aliphatic rings. The average molecular weight is 531 g/mol. The number of methoxy groups -OCH3 is 1. The largest absolute Gasteiger partial charge is 0.573 e. The molecule has 1 aliphatic carbocycles. The summed E-state index contributed by atoms with van der Waals surface area (Å²) in [6.07, 6.45) is 2.69. The van der Waals surface area contributed by atoms with Crippen LogP contribution in [0.5, 0.6) is 11.5 Å². The summed E-state index contributed by atoms with van der Waals surface area (Å²) in [5.74, 6) is -0.502. The summed E-state index contributed by atoms with van der Waals surface area (Å²) in [7, 11) is 1.73. The van der Waals surface area contributed by atoms with Crippen molar-refractivity contribution >= 4 is 12.0 Å². The molecule has 3 unspecified atom stereocenters. The van der Waals surface area contributed by atoms with Crippen molar-refractivity contribution in [2.24, 2.45) is 0 Å². The fraction of sp³-hybridized carbons (Fsp3) is 0.414. The van der Waals surface area contributed by atoms with E-state index in [-0.39, 0.29) is 23.4 Å². The van der Waals surface area contributed by atoms with E-state index in [9.17, 15) is 23.1 Å². The van der Waals surface area contributed by atoms with Gasteiger partial charge in [-0.15, -0.1) is 19.8 Å². The minimum absolute atomic E-state index is 0.149. The number of phenols is 1. The molecule has 0 radical (unpaired) electrons. The molecule has 9 heteroatoms. The predicted octanol–water partition coefficient (Wildman–Crippen LogP) is 5.19. The van der Waals surface area contributed by atoms with Crippen LogP contribution in [0.4, 0.5) is 13.2 Å². The van der Waals surface area contributed by atoms with Gasteiger partial charge in [0.05, 0.1) is 5.60 Å². The highest BCUT2D eigenvalue weighted by Crippen LogP contribution is 2.53. The molecular weight excluding hydrogens is 497 g/mol. The monoisotopic (exact) mass is 530 g/mol. The van der Waals surface area contributed by atoms with Gasteiger partial charge in [-0.3, -0.25) is 9.69 Å². The van der Waals surface area contributed by atoms with Crippen LogP contribution < -0.4 is 10.1 Å². The molecule has 1 saturated heterocycles. The summed E-state index contributed by atoms with van der Waals surface area (Å²) in [6.45, 7) is 6.16. The van der Waals surface area contributed by atoms with Crippen LogP contribution in [0.15, 0.2) is 67.3 Å². The summed E-state index contributed by atoms with van der Waals surface area (Å²) in [6, 6.07) is 12.6. The number of rotatable bonds is 8. The molecule has 4 rings (SSSR count). The smallest absolute Gasteiger partial charge is 0.508 e. The lowest BCUT2D eigenvalue weighted by molar-refractivity contribution is -0.274. The molecule has 1 amide bonds. The first-order chi connectivity index (χ1) is 18.1. The van der Waals surface area contributed by atoms with Gasteiger partial charge in [-0.25, -0.2) is 0 Å². The van der Waals surface area contributed by atoms with E-state index in [0.717, 1.165) is 25.1 Å². The molecule has 6 nitrogen and oxygen atoms in total. The predicted molar refractivity (Wildman–Crippen MR) is 139 cm³/mol. The van der Waals surface area contributed by atoms with E-state index in [1.807, 2.05) is 18.2 Å². The third kappa shape index (κ3) is 6.05. The Labute approximate surface area is 220 Å². The Hall–Kier alpha value is -3.30. The molecule has 2 N–H and O–H groups in total. The number of likely N-dealkylation sites (tertiary alicyclic amines) is 1. The molecule has 2 aromatic carbocycles. The first-order valence-electron chi connectivity index (χ1n) is 12.6. The minimum atomic E-state index is -4.79. The van der Waals surface area contributed by atoms with Gasteiger partial charge in [0, 0.05) is 37.7 Å². The number of halogens is 3. The van der Waals surface area contributed by atoms with Crippen LogP contribution in [-0.4, -0.2) is 60.7 Å². The Morgan fingerprint density at radius 2 is 2.03 bits per heavy atom. The van der Waals surface area contributed by atoms with Gasteiger partial charge in [-0.05, 0) is 73.7 Å². The van der Waals surface area contributed by atoms with Gasteiger partial charge >= 0.3 is 6.36 Å². The quantitative estimate of drug-likeness (QED) is 0.363. The number of benzene rings is 2. The number of nitrogens with one attached hydrogen (secondary N) is 1. The van der Waals surface area contributed by atoms with E-state index in [1.54, 1.807) is 25.3 Å². The summed E-state index contributed by atoms with van der Waals surface area (Å²) >= 11 is 0. The zero-order valence-electron chi connectivity index (χ0n) is 21.3. The van der Waals surface area contributed by atoms with Gasteiger partial charge in [0.1, 0.15) is 11.5 Å². The second kappa shape index (κ2) is 11.2. The first-order valence-corrected chi connectivity index (χ1v) is 12.6. The van der Waals surface area contributed by atoms with Crippen molar-refractivity contribution in [3.63, 3.8) is 0 Å². The van der Waals surface area contributed by atoms with Crippen LogP contribution in [0.1, 0.15) is 36.8 Å². The van der Waals surface area contributed by atoms with Gasteiger partial charge in [0.2, 0.25) is 5.91 Å². The molecule has 0 bridgehead atoms. The number of fused-ring (bicyclic) bond motifs is 1. The molecule has 1 heterocycles. The van der Waals surface area contributed by atoms with Crippen molar-refractivity contribution in [3.8, 4) is 11.5 Å². The number of hydrogen-bond donors (Lipinski definition) is 2. The molecule has 1 aliphatic heterocycles. The zero-order chi connectivity index (χ0) is 27.4. The lowest BCUT2D eigenvalue weighted by atomic mass is 9.55. The van der Waals surface area contributed by atoms with Gasteiger partial charge < -0.3 is 19.9 Å². The third-order valence-electron chi connectivity index (χ3n) is 7.74. The van der Waals surface area contributed by atoms with E-state index in [2.05, 4.69) is 21.5 Å². The number of phenolic OH excluding ortho intramolecular Hbond substituents is 1. The molecule has 2 aromatic rings. The Morgan fingerprint density at radius 1 is 1.24 bits per heavy atom. The van der Waals surface area contributed by atoms with Gasteiger partial charge in [-0.2, -0.15) is 0 Å². The van der Waals surface area contributed by atoms with Crippen molar-refractivity contribution in [1.29, 1.82) is 0 Å². The van der Waals surface area contributed by atoms with Crippen LogP contribution in [-0.2, 0) is 14.9 Å². The van der Waals surface area contributed by atoms with Crippen molar-refractivity contribution in [1.82, 2.24) is 10.2 Å². The highest BCUT2D eigenvalue weighted by Gasteiger charge is 2.58. The van der Waals surface area contributed by atoms with Crippen molar-refractivity contribution < 1.29 is 32.5 Å². The van der Waals surface area contributed by atoms with E-state index in [1.165, 1.54) is 30.4 Å². The van der Waals surface area contributed by atoms with E-state index >= 15 is 0 Å². The van der Waals surface area contributed by atoms with E-state index in [0.29, 0.717) is 31.4 Å². The molecule has 2 fully saturated rings. The van der Waals surface area contributed by atoms with Crippen LogP contribution in [0.2, 0.25) is 0 Å². The number of nitrogens with zero attached hydrogens (tertiary/aromatic N) is 1. The van der Waals surface area contributed by atoms with Crippen LogP contribution >= 0.6 is 0 Å². The maximum absolute atomic E-state index is 12.8. The third-order valence-corrected chi connectivity index (χ3v) is 7.74. The maximum Gasteiger partial charge on any atom is 0.573 e. The minimum Gasteiger partial charge on any atom is -0.508 e. The Bertz CT molecular complexity index is 1180. The normalized spacial score (nSPS) is 26.1. The molecule has 3 atom stereocenters. The number of aromatic hydroxyl groups is 1. The second-order valence-electron chi connectivity index (χ2n) is 10.0. The van der Waals surface area contributed by atoms with Gasteiger partial charge in [0.25, 0.3) is 0 Å². The van der Waals surface area contributed by atoms with Crippen LogP contribution in [0.25, 0.3) is 6.08 Å². The van der Waals surface area contributed by atoms with Crippen molar-refractivity contribution in [3.05, 3.63) is 78.4 Å². The highest BCUT2D eigenvalue weighted by molar-refractivity contribution is 5.92. The zero-order valence-corrected chi connectivity index (χ0v) is 21.3. The first kappa shape index (κ1) is 27.7. The number of alkyl halides is 3. The number of ether oxygens (including phenoxy) is 2. The lowest BCUT2D eigenvalue weighted by Gasteiger charge is -2.59. The SMILES string of the molecule is C=CCN1CCC2(c3cccc(O)c3)CC(NC(=O)/C=C/c3cccc(OC(F)(F)F)c3)CCC2(OC)C1. The van der Waals surface area contributed by atoms with Crippen molar-refractivity contribution in [2.45, 2.75) is 49.1 Å². The Morgan fingerprint density at radius 3 is 2.74 bits per heavy atom. The topological polar surface area (TPSA) is 71.0 Å². The summed E-state index contributed by atoms with van der Waals surface area (Å²) < 4.78 is 47.8. The molecule has 38 heavy (non-hydrogen) atoms. The van der Waals surface area contributed by atoms with Crippen LogP contribution in [0, 0.1) is 0 Å². The number of carbonyl (C=O) groups is 1. The Balaban J connectivity index is 1.53. The van der Waals surface area contributed by atoms with Crippen LogP contribution in [0.3, 0.4) is 0 Å². The average Bonchev–Trinajstić information content (AvgIpc) is 2.87. The summed E-state index contributed by atoms with van der Waals surface area (Å²) in [4.78, 5) is 15.2. The number of hydrogen-bond acceptors (Lipinski definition) is 5. The molecule has 204 valence electrons. The van der Waals surface area contributed by atoms with E-state index < -0.39 is 17.4 Å². The maximum atomic E-state index is 12.8. The van der Waals surface area contributed by atoms with Gasteiger partial charge in [0.15, 0.2) is 0 Å². The number of carbonyl (C=O) groups excluding carboxylic acids is 1. The summed E-state index contributed by atoms with van der Waals surface area (Å²) in [5.41, 5.74) is 0.461. The standard InChI is InChI=1S/C29H33F3N2O4/c1-3-15-34-16-14-27(22-7-5-8-24(35)18-22)19-23(12-13-28(27,20-34)37-2)33-26(36)11-10-21-6-4-9-25(17-21)38-29(30,31)32/h3-11,17-18,23,35H,1,12-16,19-20H2,2H3,(H,33,36)/b11-10+. The fourth-order valence-corrected chi connectivity index (χ4v) is 6.09. The highest BCUT2D eigenvalue weighted by atomic mass is 19.4. The molecule has 1 saturated carbocycles. The number of amides is 1. The Kier molecular flexibility index (Phi) is 8.18. The molecular formula is C29H33F3N2O4. The number of piperidine rings is 1. The van der Waals surface area contributed by atoms with Crippen molar-refractivity contribution in [2.75, 3.05) is 26.7 Å². The van der Waals surface area contributed by atoms with Gasteiger partial charge in [-0.1, -0.05) is 30.3 Å². The molecule has 0 spiro atoms. The fourth-order valence-electron chi connectivity index (χ4n) is 6.09. The lowest BCUT2D eigenvalue weighted by Crippen LogP contribution is -2.67. The second-order valence-corrected chi connectivity index (χ2v) is 10.0. The molecule has 0 aromatic heterocycles. The summed E-state index contributed by atoms with van der Waals surface area (Å²) in [5, 5.41) is 13.4. The van der Waals surface area contributed by atoms with E-state index in [4.69, 9.17) is 4.74 Å².